The van der Waals surface area contributed by atoms with Crippen molar-refractivity contribution in [2.24, 2.45) is 10.2 Å². The predicted octanol–water partition coefficient (Wildman–Crippen LogP) is 1.29. The fourth-order valence-electron chi connectivity index (χ4n) is 4.63. The van der Waals surface area contributed by atoms with Crippen molar-refractivity contribution in [3.63, 3.8) is 0 Å². The van der Waals surface area contributed by atoms with Gasteiger partial charge in [-0.2, -0.15) is 10.2 Å². The summed E-state index contributed by atoms with van der Waals surface area (Å²) in [6.07, 6.45) is -2.97. The summed E-state index contributed by atoms with van der Waals surface area (Å²) in [6, 6.07) is 13.3. The molecule has 0 amide bonds. The first kappa shape index (κ1) is 31.0. The van der Waals surface area contributed by atoms with Crippen LogP contribution in [0.4, 0.5) is 11.4 Å². The average molecular weight is 629 g/mol. The fraction of sp³-hybridized carbons (Fsp3) is 0.143. The highest BCUT2D eigenvalue weighted by molar-refractivity contribution is 6.04. The zero-order valence-corrected chi connectivity index (χ0v) is 24.0. The van der Waals surface area contributed by atoms with Crippen LogP contribution >= 0.6 is 0 Å². The van der Waals surface area contributed by atoms with Crippen LogP contribution in [0.15, 0.2) is 80.5 Å². The first-order valence-corrected chi connectivity index (χ1v) is 13.3. The molecular formula is C28H24N10O8. The highest BCUT2D eigenvalue weighted by Crippen LogP contribution is 2.24. The summed E-state index contributed by atoms with van der Waals surface area (Å²) in [5.74, 6) is 0. The van der Waals surface area contributed by atoms with Crippen LogP contribution in [0.1, 0.15) is 34.7 Å². The number of hydrogen-bond donors (Lipinski definition) is 6. The number of aromatic nitrogens is 4. The summed E-state index contributed by atoms with van der Waals surface area (Å²) in [5.41, 5.74) is 3.53. The molecule has 3 aromatic carbocycles. The van der Waals surface area contributed by atoms with E-state index in [-0.39, 0.29) is 67.4 Å². The summed E-state index contributed by atoms with van der Waals surface area (Å²) in [4.78, 5) is 60.4. The second-order valence-corrected chi connectivity index (χ2v) is 9.66. The summed E-state index contributed by atoms with van der Waals surface area (Å²) in [7, 11) is 2.91. The Bertz CT molecular complexity index is 2020. The van der Waals surface area contributed by atoms with Gasteiger partial charge in [0.2, 0.25) is 0 Å². The maximum absolute atomic E-state index is 12.9. The van der Waals surface area contributed by atoms with Gasteiger partial charge >= 0.3 is 0 Å². The van der Waals surface area contributed by atoms with E-state index in [1.807, 2.05) is 0 Å². The quantitative estimate of drug-likeness (QED) is 0.0725. The number of non-ortho nitro benzene ring substituents is 2. The van der Waals surface area contributed by atoms with Crippen molar-refractivity contribution in [2.45, 2.75) is 12.2 Å². The third kappa shape index (κ3) is 6.00. The third-order valence-electron chi connectivity index (χ3n) is 6.81. The predicted molar refractivity (Wildman–Crippen MR) is 166 cm³/mol. The maximum atomic E-state index is 12.9. The lowest BCUT2D eigenvalue weighted by Gasteiger charge is -2.17. The Kier molecular flexibility index (Phi) is 8.56. The minimum Gasteiger partial charge on any atom is -0.382 e. The number of aliphatic hydroxyl groups is 2. The van der Waals surface area contributed by atoms with E-state index in [1.165, 1.54) is 74.8 Å². The number of nitrogens with one attached hydrogen (secondary N) is 4. The van der Waals surface area contributed by atoms with Gasteiger partial charge in [0.15, 0.2) is 11.4 Å². The first-order valence-electron chi connectivity index (χ1n) is 13.3. The average Bonchev–Trinajstić information content (AvgIpc) is 3.04. The third-order valence-corrected chi connectivity index (χ3v) is 6.81. The molecule has 18 nitrogen and oxygen atoms in total. The number of hydrazone groups is 2. The lowest BCUT2D eigenvalue weighted by atomic mass is 9.97. The molecule has 5 aromatic rings. The smallest absolute Gasteiger partial charge is 0.276 e. The summed E-state index contributed by atoms with van der Waals surface area (Å²) in [6.45, 7) is 0. The molecule has 0 fully saturated rings. The van der Waals surface area contributed by atoms with Gasteiger partial charge in [-0.05, 0) is 23.3 Å². The van der Waals surface area contributed by atoms with Gasteiger partial charge in [0.05, 0.1) is 31.9 Å². The standard InChI is InChI=1S/C28H24N10O8/c1-29-35-21(23-27(41)33-19-11-15(37(43)44)7-9-17(19)31-23)25(39)13-3-5-14(6-4-13)26(40)22(36-30-2)24-28(42)34-20-12-16(38(45)46)8-10-18(20)32-24/h3-12,25-26,29-30,39-40H,1-2H3,(H,33,41)(H,34,42)/b35-21+,36-22+. The molecule has 0 aliphatic carbocycles. The van der Waals surface area contributed by atoms with Crippen molar-refractivity contribution in [1.29, 1.82) is 0 Å². The van der Waals surface area contributed by atoms with E-state index in [2.05, 4.69) is 41.0 Å². The number of fused-ring (bicyclic) bond motifs is 2. The van der Waals surface area contributed by atoms with Gasteiger partial charge in [-0.1, -0.05) is 24.3 Å². The summed E-state index contributed by atoms with van der Waals surface area (Å²) < 4.78 is 0. The van der Waals surface area contributed by atoms with Crippen molar-refractivity contribution in [2.75, 3.05) is 14.1 Å². The van der Waals surface area contributed by atoms with Crippen LogP contribution in [-0.2, 0) is 0 Å². The number of nitro groups is 2. The number of aromatic amines is 2. The van der Waals surface area contributed by atoms with E-state index in [9.17, 15) is 40.0 Å². The normalized spacial score (nSPS) is 13.4. The molecule has 2 aromatic heterocycles. The zero-order valence-electron chi connectivity index (χ0n) is 24.0. The van der Waals surface area contributed by atoms with Crippen LogP contribution in [0.5, 0.6) is 0 Å². The number of aliphatic hydroxyl groups excluding tert-OH is 2. The monoisotopic (exact) mass is 628 g/mol. The Morgan fingerprint density at radius 1 is 0.717 bits per heavy atom. The van der Waals surface area contributed by atoms with E-state index in [0.29, 0.717) is 0 Å². The molecule has 234 valence electrons. The van der Waals surface area contributed by atoms with Crippen molar-refractivity contribution < 1.29 is 20.1 Å². The van der Waals surface area contributed by atoms with Crippen LogP contribution in [0, 0.1) is 20.2 Å². The second-order valence-electron chi connectivity index (χ2n) is 9.66. The number of nitrogens with zero attached hydrogens (tertiary/aromatic N) is 6. The summed E-state index contributed by atoms with van der Waals surface area (Å²) in [5, 5.41) is 52.8. The van der Waals surface area contributed by atoms with Crippen LogP contribution in [0.3, 0.4) is 0 Å². The summed E-state index contributed by atoms with van der Waals surface area (Å²) >= 11 is 0. The minimum absolute atomic E-state index is 0.125. The Labute approximate surface area is 256 Å². The first-order chi connectivity index (χ1) is 22.0. The van der Waals surface area contributed by atoms with Gasteiger partial charge in [-0.3, -0.25) is 29.8 Å². The number of nitro benzene ring substituents is 2. The maximum Gasteiger partial charge on any atom is 0.276 e. The van der Waals surface area contributed by atoms with Gasteiger partial charge in [0.1, 0.15) is 23.6 Å². The molecule has 0 bridgehead atoms. The molecule has 2 unspecified atom stereocenters. The molecule has 0 spiro atoms. The molecule has 0 saturated carbocycles. The zero-order chi connectivity index (χ0) is 33.1. The Morgan fingerprint density at radius 2 is 1.09 bits per heavy atom. The van der Waals surface area contributed by atoms with Gasteiger partial charge in [-0.25, -0.2) is 9.97 Å². The van der Waals surface area contributed by atoms with Crippen LogP contribution in [0.25, 0.3) is 22.1 Å². The minimum atomic E-state index is -1.48. The molecule has 46 heavy (non-hydrogen) atoms. The van der Waals surface area contributed by atoms with Gasteiger partial charge in [0.25, 0.3) is 22.5 Å². The van der Waals surface area contributed by atoms with E-state index >= 15 is 0 Å². The molecule has 0 aliphatic rings. The van der Waals surface area contributed by atoms with Crippen LogP contribution < -0.4 is 22.0 Å². The number of H-pyrrole nitrogens is 2. The lowest BCUT2D eigenvalue weighted by Crippen LogP contribution is -2.28. The van der Waals surface area contributed by atoms with E-state index in [0.717, 1.165) is 0 Å². The largest absolute Gasteiger partial charge is 0.382 e. The van der Waals surface area contributed by atoms with Crippen LogP contribution in [0.2, 0.25) is 0 Å². The van der Waals surface area contributed by atoms with Gasteiger partial charge in [0, 0.05) is 38.4 Å². The van der Waals surface area contributed by atoms with Crippen molar-refractivity contribution in [3.05, 3.63) is 124 Å². The molecule has 0 aliphatic heterocycles. The number of hydrogen-bond acceptors (Lipinski definition) is 14. The highest BCUT2D eigenvalue weighted by Gasteiger charge is 2.26. The molecule has 0 radical (unpaired) electrons. The Balaban J connectivity index is 1.46. The van der Waals surface area contributed by atoms with Crippen LogP contribution in [-0.4, -0.2) is 65.5 Å². The molecule has 18 heteroatoms. The Hall–Kier alpha value is -6.40. The molecular weight excluding hydrogens is 604 g/mol. The van der Waals surface area contributed by atoms with E-state index < -0.39 is 33.2 Å². The topological polar surface area (TPSA) is 267 Å². The molecule has 2 heterocycles. The van der Waals surface area contributed by atoms with E-state index in [4.69, 9.17) is 0 Å². The van der Waals surface area contributed by atoms with Crippen molar-refractivity contribution in [3.8, 4) is 0 Å². The molecule has 5 rings (SSSR count). The molecule has 2 atom stereocenters. The van der Waals surface area contributed by atoms with Gasteiger partial charge < -0.3 is 31.0 Å². The van der Waals surface area contributed by atoms with Gasteiger partial charge in [-0.15, -0.1) is 0 Å². The highest BCUT2D eigenvalue weighted by atomic mass is 16.6. The second kappa shape index (κ2) is 12.7. The van der Waals surface area contributed by atoms with Crippen molar-refractivity contribution >= 4 is 44.9 Å². The molecule has 6 N–H and O–H groups in total. The van der Waals surface area contributed by atoms with Crippen molar-refractivity contribution in [1.82, 2.24) is 30.8 Å². The Morgan fingerprint density at radius 3 is 1.41 bits per heavy atom. The SMILES string of the molecule is CN/N=C(\c1nc2ccc([N+](=O)[O-])cc2[nH]c1=O)C(O)c1ccc(C(O)/C(=N/NC)c2nc3ccc([N+](=O)[O-])cc3[nH]c2=O)cc1. The number of benzene rings is 3. The lowest BCUT2D eigenvalue weighted by molar-refractivity contribution is -0.384. The molecule has 0 saturated heterocycles. The number of rotatable bonds is 10. The fourth-order valence-corrected chi connectivity index (χ4v) is 4.63. The van der Waals surface area contributed by atoms with E-state index in [1.54, 1.807) is 0 Å².